The second kappa shape index (κ2) is 8.47. The number of nitrogens with one attached hydrogen (secondary N) is 2. The van der Waals surface area contributed by atoms with E-state index in [1.165, 1.54) is 0 Å². The zero-order chi connectivity index (χ0) is 20.9. The van der Waals surface area contributed by atoms with Crippen molar-refractivity contribution in [2.45, 2.75) is 0 Å². The van der Waals surface area contributed by atoms with Crippen molar-refractivity contribution in [1.29, 1.82) is 5.26 Å². The number of rotatable bonds is 4. The average molecular weight is 413 g/mol. The van der Waals surface area contributed by atoms with Crippen LogP contribution < -0.4 is 15.4 Å². The minimum absolute atomic E-state index is 0.102. The number of carbonyl (C=O) groups is 1. The van der Waals surface area contributed by atoms with E-state index in [9.17, 15) is 4.79 Å². The number of ether oxygens (including phenoxy) is 1. The molecular weight excluding hydrogens is 398 g/mol. The van der Waals surface area contributed by atoms with Gasteiger partial charge >= 0.3 is 0 Å². The number of hydrogen-bond acceptors (Lipinski definition) is 5. The first-order chi connectivity index (χ1) is 14.6. The second-order valence-corrected chi connectivity index (χ2v) is 6.73. The third kappa shape index (κ3) is 4.46. The number of nitrogens with zero attached hydrogens (tertiary/aromatic N) is 1. The SMILES string of the molecule is N#Cc1ccc2oc(C(=O)NC(=S)Nc3cccc(Oc4ccccc4)c3)cc2c1. The van der Waals surface area contributed by atoms with E-state index in [0.29, 0.717) is 28.0 Å². The fourth-order valence-corrected chi connectivity index (χ4v) is 3.02. The summed E-state index contributed by atoms with van der Waals surface area (Å²) in [6.07, 6.45) is 0. The van der Waals surface area contributed by atoms with Crippen LogP contribution in [0.3, 0.4) is 0 Å². The number of thiocarbonyl (C=S) groups is 1. The predicted molar refractivity (Wildman–Crippen MR) is 118 cm³/mol. The van der Waals surface area contributed by atoms with Gasteiger partial charge in [0.25, 0.3) is 5.91 Å². The van der Waals surface area contributed by atoms with Crippen LogP contribution in [0, 0.1) is 11.3 Å². The molecule has 3 aromatic carbocycles. The maximum absolute atomic E-state index is 12.5. The summed E-state index contributed by atoms with van der Waals surface area (Å²) in [5, 5.41) is 15.3. The molecule has 0 bridgehead atoms. The van der Waals surface area contributed by atoms with Crippen molar-refractivity contribution in [2.24, 2.45) is 0 Å². The molecule has 0 fully saturated rings. The van der Waals surface area contributed by atoms with Crippen LogP contribution in [0.25, 0.3) is 11.0 Å². The van der Waals surface area contributed by atoms with Crippen molar-refractivity contribution >= 4 is 39.9 Å². The highest BCUT2D eigenvalue weighted by Crippen LogP contribution is 2.24. The summed E-state index contributed by atoms with van der Waals surface area (Å²) < 4.78 is 11.3. The molecule has 4 rings (SSSR count). The van der Waals surface area contributed by atoms with Gasteiger partial charge in [0.1, 0.15) is 17.1 Å². The number of fused-ring (bicyclic) bond motifs is 1. The molecule has 0 saturated carbocycles. The molecular formula is C23H15N3O3S. The Kier molecular flexibility index (Phi) is 5.42. The Morgan fingerprint density at radius 1 is 0.967 bits per heavy atom. The fourth-order valence-electron chi connectivity index (χ4n) is 2.81. The van der Waals surface area contributed by atoms with Gasteiger partial charge in [-0.05, 0) is 60.7 Å². The molecule has 0 spiro atoms. The molecule has 30 heavy (non-hydrogen) atoms. The van der Waals surface area contributed by atoms with Crippen LogP contribution in [-0.4, -0.2) is 11.0 Å². The van der Waals surface area contributed by atoms with Crippen molar-refractivity contribution in [3.05, 3.63) is 90.2 Å². The molecule has 1 aromatic heterocycles. The second-order valence-electron chi connectivity index (χ2n) is 6.33. The van der Waals surface area contributed by atoms with E-state index in [1.54, 1.807) is 36.4 Å². The highest BCUT2D eigenvalue weighted by atomic mass is 32.1. The lowest BCUT2D eigenvalue weighted by atomic mass is 10.2. The number of nitriles is 1. The van der Waals surface area contributed by atoms with Gasteiger partial charge < -0.3 is 14.5 Å². The lowest BCUT2D eigenvalue weighted by Gasteiger charge is -2.10. The molecule has 0 unspecified atom stereocenters. The van der Waals surface area contributed by atoms with Crippen molar-refractivity contribution < 1.29 is 13.9 Å². The van der Waals surface area contributed by atoms with E-state index in [1.807, 2.05) is 42.5 Å². The highest BCUT2D eigenvalue weighted by Gasteiger charge is 2.14. The Bertz CT molecular complexity index is 1280. The van der Waals surface area contributed by atoms with E-state index in [2.05, 4.69) is 16.7 Å². The summed E-state index contributed by atoms with van der Waals surface area (Å²) in [7, 11) is 0. The number of amides is 1. The number of furan rings is 1. The van der Waals surface area contributed by atoms with Crippen LogP contribution in [0.1, 0.15) is 16.1 Å². The lowest BCUT2D eigenvalue weighted by Crippen LogP contribution is -2.33. The average Bonchev–Trinajstić information content (AvgIpc) is 3.18. The molecule has 6 nitrogen and oxygen atoms in total. The normalized spacial score (nSPS) is 10.2. The molecule has 146 valence electrons. The summed E-state index contributed by atoms with van der Waals surface area (Å²) in [6, 6.07) is 25.2. The molecule has 2 N–H and O–H groups in total. The Morgan fingerprint density at radius 2 is 1.77 bits per heavy atom. The van der Waals surface area contributed by atoms with E-state index >= 15 is 0 Å². The minimum Gasteiger partial charge on any atom is -0.457 e. The molecule has 1 heterocycles. The molecule has 4 aromatic rings. The van der Waals surface area contributed by atoms with E-state index in [4.69, 9.17) is 26.6 Å². The van der Waals surface area contributed by atoms with Crippen molar-refractivity contribution in [2.75, 3.05) is 5.32 Å². The zero-order valence-corrected chi connectivity index (χ0v) is 16.4. The number of para-hydroxylation sites is 1. The van der Waals surface area contributed by atoms with Crippen molar-refractivity contribution in [3.8, 4) is 17.6 Å². The highest BCUT2D eigenvalue weighted by molar-refractivity contribution is 7.80. The smallest absolute Gasteiger partial charge is 0.293 e. The molecule has 0 radical (unpaired) electrons. The third-order valence-electron chi connectivity index (χ3n) is 4.17. The van der Waals surface area contributed by atoms with Gasteiger partial charge in [0.05, 0.1) is 11.6 Å². The Hall–Kier alpha value is -4.15. The third-order valence-corrected chi connectivity index (χ3v) is 4.37. The topological polar surface area (TPSA) is 87.3 Å². The molecule has 0 aliphatic rings. The Labute approximate surface area is 177 Å². The molecule has 7 heteroatoms. The first-order valence-corrected chi connectivity index (χ1v) is 9.40. The van der Waals surface area contributed by atoms with Gasteiger partial charge in [-0.3, -0.25) is 10.1 Å². The van der Waals surface area contributed by atoms with Crippen LogP contribution in [0.2, 0.25) is 0 Å². The summed E-state index contributed by atoms with van der Waals surface area (Å²) in [5.41, 5.74) is 1.67. The van der Waals surface area contributed by atoms with Crippen LogP contribution >= 0.6 is 12.2 Å². The van der Waals surface area contributed by atoms with Crippen LogP contribution in [0.4, 0.5) is 5.69 Å². The summed E-state index contributed by atoms with van der Waals surface area (Å²) in [6.45, 7) is 0. The monoisotopic (exact) mass is 413 g/mol. The number of hydrogen-bond donors (Lipinski definition) is 2. The van der Waals surface area contributed by atoms with E-state index < -0.39 is 5.91 Å². The Morgan fingerprint density at radius 3 is 2.57 bits per heavy atom. The summed E-state index contributed by atoms with van der Waals surface area (Å²) >= 11 is 5.24. The first-order valence-electron chi connectivity index (χ1n) is 9.00. The molecule has 0 aliphatic heterocycles. The van der Waals surface area contributed by atoms with Crippen molar-refractivity contribution in [1.82, 2.24) is 5.32 Å². The van der Waals surface area contributed by atoms with Crippen LogP contribution in [0.5, 0.6) is 11.5 Å². The van der Waals surface area contributed by atoms with Gasteiger partial charge in [0.15, 0.2) is 10.9 Å². The maximum Gasteiger partial charge on any atom is 0.293 e. The van der Waals surface area contributed by atoms with E-state index in [0.717, 1.165) is 5.75 Å². The molecule has 0 saturated heterocycles. The first kappa shape index (κ1) is 19.2. The van der Waals surface area contributed by atoms with Gasteiger partial charge in [0, 0.05) is 17.1 Å². The largest absolute Gasteiger partial charge is 0.457 e. The van der Waals surface area contributed by atoms with Gasteiger partial charge in [-0.1, -0.05) is 24.3 Å². The van der Waals surface area contributed by atoms with Gasteiger partial charge in [-0.2, -0.15) is 5.26 Å². The predicted octanol–water partition coefficient (Wildman–Crippen LogP) is 5.22. The molecule has 0 atom stereocenters. The number of benzene rings is 3. The summed E-state index contributed by atoms with van der Waals surface area (Å²) in [5.74, 6) is 0.963. The zero-order valence-electron chi connectivity index (χ0n) is 15.6. The summed E-state index contributed by atoms with van der Waals surface area (Å²) in [4.78, 5) is 12.5. The minimum atomic E-state index is -0.487. The Balaban J connectivity index is 1.41. The quantitative estimate of drug-likeness (QED) is 0.446. The van der Waals surface area contributed by atoms with Gasteiger partial charge in [0.2, 0.25) is 0 Å². The van der Waals surface area contributed by atoms with Gasteiger partial charge in [-0.25, -0.2) is 0 Å². The van der Waals surface area contributed by atoms with Crippen molar-refractivity contribution in [3.63, 3.8) is 0 Å². The number of anilines is 1. The van der Waals surface area contributed by atoms with Gasteiger partial charge in [-0.15, -0.1) is 0 Å². The fraction of sp³-hybridized carbons (Fsp3) is 0. The molecule has 1 amide bonds. The van der Waals surface area contributed by atoms with E-state index in [-0.39, 0.29) is 10.9 Å². The van der Waals surface area contributed by atoms with Crippen LogP contribution in [-0.2, 0) is 0 Å². The maximum atomic E-state index is 12.5. The number of carbonyl (C=O) groups excluding carboxylic acids is 1. The van der Waals surface area contributed by atoms with Crippen LogP contribution in [0.15, 0.2) is 83.3 Å². The molecule has 0 aliphatic carbocycles. The lowest BCUT2D eigenvalue weighted by molar-refractivity contribution is 0.0953. The standard InChI is InChI=1S/C23H15N3O3S/c24-14-15-9-10-20-16(11-15)12-21(29-20)22(27)26-23(30)25-17-5-4-8-19(13-17)28-18-6-2-1-3-7-18/h1-13H,(H2,25,26,27,30).